The Kier molecular flexibility index (Phi) is 63.3. The number of carbonyl (C=O) groups is 3. The Morgan fingerprint density at radius 2 is 0.494 bits per heavy atom. The van der Waals surface area contributed by atoms with Gasteiger partial charge in [0.2, 0.25) is 0 Å². The van der Waals surface area contributed by atoms with Crippen molar-refractivity contribution in [2.24, 2.45) is 0 Å². The van der Waals surface area contributed by atoms with E-state index in [0.717, 1.165) is 135 Å². The van der Waals surface area contributed by atoms with Crippen LogP contribution >= 0.6 is 0 Å². The third-order valence-corrected chi connectivity index (χ3v) is 14.3. The Labute approximate surface area is 489 Å². The smallest absolute Gasteiger partial charge is 0.306 e. The molecule has 1 unspecified atom stereocenters. The lowest BCUT2D eigenvalue weighted by molar-refractivity contribution is -0.167. The molecule has 79 heavy (non-hydrogen) atoms. The monoisotopic (exact) mass is 1100 g/mol. The van der Waals surface area contributed by atoms with Crippen LogP contribution in [0.5, 0.6) is 0 Å². The zero-order chi connectivity index (χ0) is 57.1. The van der Waals surface area contributed by atoms with Crippen molar-refractivity contribution in [1.29, 1.82) is 0 Å². The van der Waals surface area contributed by atoms with E-state index >= 15 is 0 Å². The van der Waals surface area contributed by atoms with Gasteiger partial charge in [-0.25, -0.2) is 0 Å². The Balaban J connectivity index is 4.06. The van der Waals surface area contributed by atoms with Crippen LogP contribution in [0.15, 0.2) is 109 Å². The summed E-state index contributed by atoms with van der Waals surface area (Å²) in [7, 11) is 0. The van der Waals surface area contributed by atoms with Crippen molar-refractivity contribution in [3.8, 4) is 0 Å². The molecule has 452 valence electrons. The summed E-state index contributed by atoms with van der Waals surface area (Å²) in [6.07, 6.45) is 91.4. The second kappa shape index (κ2) is 66.6. The molecule has 0 radical (unpaired) electrons. The molecule has 0 heterocycles. The second-order valence-corrected chi connectivity index (χ2v) is 22.0. The summed E-state index contributed by atoms with van der Waals surface area (Å²) in [6.45, 7) is 6.38. The first-order valence-electron chi connectivity index (χ1n) is 33.4. The fourth-order valence-electron chi connectivity index (χ4n) is 9.35. The van der Waals surface area contributed by atoms with Gasteiger partial charge in [0.15, 0.2) is 6.10 Å². The van der Waals surface area contributed by atoms with Gasteiger partial charge in [-0.1, -0.05) is 304 Å². The number of ether oxygens (including phenoxy) is 3. The number of rotatable bonds is 60. The summed E-state index contributed by atoms with van der Waals surface area (Å²) in [5.74, 6) is -0.899. The molecule has 0 rings (SSSR count). The zero-order valence-corrected chi connectivity index (χ0v) is 51.9. The van der Waals surface area contributed by atoms with E-state index in [2.05, 4.69) is 130 Å². The van der Waals surface area contributed by atoms with Gasteiger partial charge in [0.25, 0.3) is 0 Å². The molecule has 0 aliphatic carbocycles. The summed E-state index contributed by atoms with van der Waals surface area (Å²) in [5.41, 5.74) is 0. The molecule has 1 atom stereocenters. The van der Waals surface area contributed by atoms with Crippen molar-refractivity contribution in [3.05, 3.63) is 109 Å². The molecule has 0 aromatic rings. The largest absolute Gasteiger partial charge is 0.462 e. The number of unbranched alkanes of at least 4 members (excludes halogenated alkanes) is 31. The molecule has 0 spiro atoms. The van der Waals surface area contributed by atoms with Crippen LogP contribution in [0.2, 0.25) is 0 Å². The maximum atomic E-state index is 12.9. The van der Waals surface area contributed by atoms with E-state index in [1.54, 1.807) is 0 Å². The summed E-state index contributed by atoms with van der Waals surface area (Å²) in [4.78, 5) is 38.1. The Bertz CT molecular complexity index is 1590. The highest BCUT2D eigenvalue weighted by Crippen LogP contribution is 2.17. The number of carbonyl (C=O) groups excluding carboxylic acids is 3. The Morgan fingerprint density at radius 3 is 0.772 bits per heavy atom. The molecule has 0 N–H and O–H groups in total. The molecule has 0 aliphatic heterocycles. The van der Waals surface area contributed by atoms with E-state index in [0.29, 0.717) is 19.3 Å². The summed E-state index contributed by atoms with van der Waals surface area (Å²) < 4.78 is 16.8. The molecular formula is C73H124O6. The molecule has 0 bridgehead atoms. The van der Waals surface area contributed by atoms with Crippen LogP contribution in [0.1, 0.15) is 316 Å². The van der Waals surface area contributed by atoms with Gasteiger partial charge in [-0.05, 0) is 103 Å². The lowest BCUT2D eigenvalue weighted by Crippen LogP contribution is -2.30. The van der Waals surface area contributed by atoms with Crippen molar-refractivity contribution < 1.29 is 28.6 Å². The third-order valence-electron chi connectivity index (χ3n) is 14.3. The minimum atomic E-state index is -0.785. The van der Waals surface area contributed by atoms with Crippen LogP contribution in [0.4, 0.5) is 0 Å². The molecule has 0 aliphatic rings. The molecule has 0 fully saturated rings. The van der Waals surface area contributed by atoms with E-state index < -0.39 is 6.10 Å². The molecule has 6 nitrogen and oxygen atoms in total. The van der Waals surface area contributed by atoms with Gasteiger partial charge in [0.1, 0.15) is 13.2 Å². The van der Waals surface area contributed by atoms with E-state index in [4.69, 9.17) is 14.2 Å². The molecule has 0 aromatic carbocycles. The molecule has 6 heteroatoms. The van der Waals surface area contributed by atoms with E-state index in [1.165, 1.54) is 141 Å². The summed E-state index contributed by atoms with van der Waals surface area (Å²) >= 11 is 0. The maximum absolute atomic E-state index is 12.9. The second-order valence-electron chi connectivity index (χ2n) is 22.0. The highest BCUT2D eigenvalue weighted by molar-refractivity contribution is 5.71. The SMILES string of the molecule is CC/C=C\C/C=C\C/C=C\C/C=C\C/C=C\CCCCCCCC(=O)OC(COC(=O)CCCCCCCCC)COC(=O)CCCCCCCCCCCCCCCCCCCCCC/C=C\C/C=C\C/C=C\C/C=C\CC. The first-order valence-corrected chi connectivity index (χ1v) is 33.4. The Morgan fingerprint density at radius 1 is 0.266 bits per heavy atom. The van der Waals surface area contributed by atoms with Crippen LogP contribution in [0, 0.1) is 0 Å². The highest BCUT2D eigenvalue weighted by atomic mass is 16.6. The topological polar surface area (TPSA) is 78.9 Å². The highest BCUT2D eigenvalue weighted by Gasteiger charge is 2.19. The van der Waals surface area contributed by atoms with Crippen LogP contribution < -0.4 is 0 Å². The van der Waals surface area contributed by atoms with Crippen molar-refractivity contribution in [2.75, 3.05) is 13.2 Å². The molecule has 0 aromatic heterocycles. The number of esters is 3. The predicted octanol–water partition coefficient (Wildman–Crippen LogP) is 23.0. The fourth-order valence-corrected chi connectivity index (χ4v) is 9.35. The van der Waals surface area contributed by atoms with E-state index in [9.17, 15) is 14.4 Å². The van der Waals surface area contributed by atoms with Gasteiger partial charge < -0.3 is 14.2 Å². The molecule has 0 amide bonds. The van der Waals surface area contributed by atoms with Crippen LogP contribution in [-0.2, 0) is 28.6 Å². The summed E-state index contributed by atoms with van der Waals surface area (Å²) in [6, 6.07) is 0. The van der Waals surface area contributed by atoms with Gasteiger partial charge >= 0.3 is 17.9 Å². The van der Waals surface area contributed by atoms with Gasteiger partial charge in [-0.15, -0.1) is 0 Å². The third kappa shape index (κ3) is 64.8. The minimum absolute atomic E-state index is 0.0830. The summed E-state index contributed by atoms with van der Waals surface area (Å²) in [5, 5.41) is 0. The van der Waals surface area contributed by atoms with Gasteiger partial charge in [0.05, 0.1) is 0 Å². The number of allylic oxidation sites excluding steroid dienone is 18. The molecular weight excluding hydrogens is 973 g/mol. The normalized spacial score (nSPS) is 12.8. The van der Waals surface area contributed by atoms with Crippen LogP contribution in [-0.4, -0.2) is 37.2 Å². The average Bonchev–Trinajstić information content (AvgIpc) is 3.45. The quantitative estimate of drug-likeness (QED) is 0.0261. The van der Waals surface area contributed by atoms with Crippen LogP contribution in [0.3, 0.4) is 0 Å². The van der Waals surface area contributed by atoms with E-state index in [1.807, 2.05) is 0 Å². The van der Waals surface area contributed by atoms with Crippen molar-refractivity contribution in [1.82, 2.24) is 0 Å². The fraction of sp³-hybridized carbons (Fsp3) is 0.712. The maximum Gasteiger partial charge on any atom is 0.306 e. The van der Waals surface area contributed by atoms with Gasteiger partial charge in [-0.3, -0.25) is 14.4 Å². The van der Waals surface area contributed by atoms with Crippen molar-refractivity contribution in [3.63, 3.8) is 0 Å². The van der Waals surface area contributed by atoms with E-state index in [-0.39, 0.29) is 31.1 Å². The van der Waals surface area contributed by atoms with Crippen molar-refractivity contribution >= 4 is 17.9 Å². The van der Waals surface area contributed by atoms with Gasteiger partial charge in [0, 0.05) is 19.3 Å². The van der Waals surface area contributed by atoms with Crippen molar-refractivity contribution in [2.45, 2.75) is 322 Å². The lowest BCUT2D eigenvalue weighted by Gasteiger charge is -2.18. The predicted molar refractivity (Wildman–Crippen MR) is 343 cm³/mol. The van der Waals surface area contributed by atoms with Gasteiger partial charge in [-0.2, -0.15) is 0 Å². The first kappa shape index (κ1) is 75.1. The lowest BCUT2D eigenvalue weighted by atomic mass is 10.0. The van der Waals surface area contributed by atoms with Crippen LogP contribution in [0.25, 0.3) is 0 Å². The molecule has 0 saturated carbocycles. The number of hydrogen-bond acceptors (Lipinski definition) is 6. The first-order chi connectivity index (χ1) is 39.0. The average molecular weight is 1100 g/mol. The zero-order valence-electron chi connectivity index (χ0n) is 51.9. The minimum Gasteiger partial charge on any atom is -0.462 e. The standard InChI is InChI=1S/C73H124O6/c1-4-7-10-13-16-18-20-22-24-26-28-30-31-32-33-34-35-36-37-38-39-40-41-43-44-46-48-50-52-54-57-60-63-66-72(75)78-69-70(68-77-71(74)65-62-59-56-15-12-9-6-3)79-73(76)67-64-61-58-55-53-51-49-47-45-42-29-27-25-23-21-19-17-14-11-8-5-2/h7-8,10-11,16-19,22-25,28-30,42,47,49,70H,4-6,9,12-15,20-21,26-27,31-41,43-46,48,50-69H2,1-3H3/b10-7-,11-8-,18-16-,19-17-,24-22-,25-23-,30-28-,42-29-,49-47-. The molecule has 0 saturated heterocycles. The number of hydrogen-bond donors (Lipinski definition) is 0. The Hall–Kier alpha value is -3.93.